The van der Waals surface area contributed by atoms with E-state index in [1.54, 1.807) is 17.0 Å². The molecule has 1 heterocycles. The molecule has 142 valence electrons. The maximum absolute atomic E-state index is 12.1. The second-order valence-electron chi connectivity index (χ2n) is 6.85. The maximum Gasteiger partial charge on any atom is 0.319 e. The normalized spacial score (nSPS) is 14.7. The number of nitrogens with zero attached hydrogens (tertiary/aromatic N) is 1. The molecule has 1 saturated heterocycles. The smallest absolute Gasteiger partial charge is 0.319 e. The molecule has 7 nitrogen and oxygen atoms in total. The number of likely N-dealkylation sites (tertiary alicyclic amines) is 1. The number of anilines is 1. The highest BCUT2D eigenvalue weighted by Gasteiger charge is 2.18. The van der Waals surface area contributed by atoms with E-state index in [0.29, 0.717) is 25.2 Å². The summed E-state index contributed by atoms with van der Waals surface area (Å²) in [6, 6.07) is 7.10. The molecule has 7 heteroatoms. The molecule has 0 aliphatic carbocycles. The Kier molecular flexibility index (Phi) is 7.44. The molecular weight excluding hydrogens is 332 g/mol. The van der Waals surface area contributed by atoms with E-state index in [9.17, 15) is 14.4 Å². The molecule has 0 radical (unpaired) electrons. The van der Waals surface area contributed by atoms with Gasteiger partial charge in [-0.1, -0.05) is 18.6 Å². The van der Waals surface area contributed by atoms with Crippen molar-refractivity contribution >= 4 is 23.5 Å². The van der Waals surface area contributed by atoms with Crippen LogP contribution in [-0.2, 0) is 16.1 Å². The highest BCUT2D eigenvalue weighted by atomic mass is 16.2. The summed E-state index contributed by atoms with van der Waals surface area (Å²) in [6.45, 7) is 4.95. The lowest BCUT2D eigenvalue weighted by molar-refractivity contribution is -0.135. The van der Waals surface area contributed by atoms with Crippen LogP contribution in [0.15, 0.2) is 24.3 Å². The fourth-order valence-corrected chi connectivity index (χ4v) is 2.77. The van der Waals surface area contributed by atoms with Crippen LogP contribution in [0.25, 0.3) is 0 Å². The van der Waals surface area contributed by atoms with Gasteiger partial charge in [-0.05, 0) is 44.4 Å². The van der Waals surface area contributed by atoms with Crippen molar-refractivity contribution in [3.63, 3.8) is 0 Å². The summed E-state index contributed by atoms with van der Waals surface area (Å²) < 4.78 is 0. The van der Waals surface area contributed by atoms with Crippen molar-refractivity contribution in [2.75, 3.05) is 18.4 Å². The van der Waals surface area contributed by atoms with Gasteiger partial charge in [-0.15, -0.1) is 0 Å². The van der Waals surface area contributed by atoms with Gasteiger partial charge in [-0.25, -0.2) is 4.79 Å². The maximum atomic E-state index is 12.1. The molecule has 2 rings (SSSR count). The Morgan fingerprint density at radius 2 is 1.85 bits per heavy atom. The number of carbonyl (C=O) groups excluding carboxylic acids is 3. The lowest BCUT2D eigenvalue weighted by Crippen LogP contribution is -2.40. The number of carbonyl (C=O) groups is 3. The average molecular weight is 360 g/mol. The molecule has 4 amide bonds. The van der Waals surface area contributed by atoms with Gasteiger partial charge >= 0.3 is 6.03 Å². The summed E-state index contributed by atoms with van der Waals surface area (Å²) in [4.78, 5) is 37.3. The first-order chi connectivity index (χ1) is 12.4. The van der Waals surface area contributed by atoms with Crippen molar-refractivity contribution in [3.8, 4) is 0 Å². The first-order valence-electron chi connectivity index (χ1n) is 9.15. The van der Waals surface area contributed by atoms with Gasteiger partial charge in [-0.2, -0.15) is 0 Å². The van der Waals surface area contributed by atoms with Gasteiger partial charge in [0.1, 0.15) is 0 Å². The first-order valence-corrected chi connectivity index (χ1v) is 9.15. The second-order valence-corrected chi connectivity index (χ2v) is 6.85. The molecule has 1 fully saturated rings. The molecule has 1 aromatic carbocycles. The highest BCUT2D eigenvalue weighted by molar-refractivity contribution is 5.89. The van der Waals surface area contributed by atoms with Crippen LogP contribution in [0.4, 0.5) is 10.5 Å². The third-order valence-corrected chi connectivity index (χ3v) is 4.13. The van der Waals surface area contributed by atoms with Gasteiger partial charge < -0.3 is 20.9 Å². The van der Waals surface area contributed by atoms with Gasteiger partial charge in [0, 0.05) is 31.2 Å². The SMILES string of the molecule is CC(C)NC(=O)Nc1ccc(CNC(=O)CN2CCCCCC2=O)cc1. The van der Waals surface area contributed by atoms with Gasteiger partial charge in [0.05, 0.1) is 6.54 Å². The van der Waals surface area contributed by atoms with Crippen LogP contribution in [0.1, 0.15) is 45.1 Å². The van der Waals surface area contributed by atoms with Crippen LogP contribution in [0.2, 0.25) is 0 Å². The van der Waals surface area contributed by atoms with Crippen LogP contribution in [0.3, 0.4) is 0 Å². The van der Waals surface area contributed by atoms with Gasteiger partial charge in [0.15, 0.2) is 0 Å². The highest BCUT2D eigenvalue weighted by Crippen LogP contribution is 2.11. The van der Waals surface area contributed by atoms with Crippen molar-refractivity contribution in [2.45, 2.75) is 52.1 Å². The number of amides is 4. The summed E-state index contributed by atoms with van der Waals surface area (Å²) in [5, 5.41) is 8.34. The summed E-state index contributed by atoms with van der Waals surface area (Å²) in [7, 11) is 0. The zero-order chi connectivity index (χ0) is 18.9. The Labute approximate surface area is 154 Å². The molecule has 0 saturated carbocycles. The lowest BCUT2D eigenvalue weighted by Gasteiger charge is -2.19. The third-order valence-electron chi connectivity index (χ3n) is 4.13. The number of hydrogen-bond donors (Lipinski definition) is 3. The predicted molar refractivity (Wildman–Crippen MR) is 101 cm³/mol. The Morgan fingerprint density at radius 1 is 1.12 bits per heavy atom. The van der Waals surface area contributed by atoms with Crippen molar-refractivity contribution in [1.29, 1.82) is 0 Å². The molecule has 1 aliphatic heterocycles. The Balaban J connectivity index is 1.77. The summed E-state index contributed by atoms with van der Waals surface area (Å²) >= 11 is 0. The fraction of sp³-hybridized carbons (Fsp3) is 0.526. The topological polar surface area (TPSA) is 90.5 Å². The van der Waals surface area contributed by atoms with Crippen LogP contribution in [-0.4, -0.2) is 41.9 Å². The molecule has 0 aromatic heterocycles. The summed E-state index contributed by atoms with van der Waals surface area (Å²) in [5.41, 5.74) is 1.61. The van der Waals surface area contributed by atoms with E-state index in [-0.39, 0.29) is 30.4 Å². The van der Waals surface area contributed by atoms with E-state index in [1.165, 1.54) is 0 Å². The fourth-order valence-electron chi connectivity index (χ4n) is 2.77. The van der Waals surface area contributed by atoms with E-state index in [4.69, 9.17) is 0 Å². The molecule has 1 aromatic rings. The van der Waals surface area contributed by atoms with Crippen molar-refractivity contribution in [2.24, 2.45) is 0 Å². The molecule has 26 heavy (non-hydrogen) atoms. The molecule has 0 atom stereocenters. The number of rotatable bonds is 6. The predicted octanol–water partition coefficient (Wildman–Crippen LogP) is 2.24. The van der Waals surface area contributed by atoms with Gasteiger partial charge in [-0.3, -0.25) is 9.59 Å². The molecule has 0 bridgehead atoms. The van der Waals surface area contributed by atoms with Crippen LogP contribution < -0.4 is 16.0 Å². The van der Waals surface area contributed by atoms with Crippen molar-refractivity contribution < 1.29 is 14.4 Å². The molecule has 0 unspecified atom stereocenters. The number of nitrogens with one attached hydrogen (secondary N) is 3. The van der Waals surface area contributed by atoms with E-state index < -0.39 is 0 Å². The van der Waals surface area contributed by atoms with E-state index >= 15 is 0 Å². The van der Waals surface area contributed by atoms with Crippen LogP contribution >= 0.6 is 0 Å². The minimum Gasteiger partial charge on any atom is -0.350 e. The zero-order valence-electron chi connectivity index (χ0n) is 15.5. The zero-order valence-corrected chi connectivity index (χ0v) is 15.5. The second kappa shape index (κ2) is 9.79. The molecular formula is C19H28N4O3. The monoisotopic (exact) mass is 360 g/mol. The third kappa shape index (κ3) is 6.74. The number of hydrogen-bond acceptors (Lipinski definition) is 3. The summed E-state index contributed by atoms with van der Waals surface area (Å²) in [5.74, 6) is -0.0912. The average Bonchev–Trinajstić information content (AvgIpc) is 2.78. The van der Waals surface area contributed by atoms with E-state index in [0.717, 1.165) is 24.8 Å². The Hall–Kier alpha value is -2.57. The molecule has 0 spiro atoms. The molecule has 3 N–H and O–H groups in total. The Bertz CT molecular complexity index is 628. The molecule has 1 aliphatic rings. The van der Waals surface area contributed by atoms with Crippen molar-refractivity contribution in [3.05, 3.63) is 29.8 Å². The number of urea groups is 1. The quantitative estimate of drug-likeness (QED) is 0.727. The Morgan fingerprint density at radius 3 is 2.54 bits per heavy atom. The van der Waals surface area contributed by atoms with Gasteiger partial charge in [0.2, 0.25) is 11.8 Å². The van der Waals surface area contributed by atoms with Crippen LogP contribution in [0.5, 0.6) is 0 Å². The van der Waals surface area contributed by atoms with E-state index in [1.807, 2.05) is 26.0 Å². The van der Waals surface area contributed by atoms with E-state index in [2.05, 4.69) is 16.0 Å². The van der Waals surface area contributed by atoms with Crippen molar-refractivity contribution in [1.82, 2.24) is 15.5 Å². The number of benzene rings is 1. The van der Waals surface area contributed by atoms with Crippen LogP contribution in [0, 0.1) is 0 Å². The minimum absolute atomic E-state index is 0.0627. The van der Waals surface area contributed by atoms with Gasteiger partial charge in [0.25, 0.3) is 0 Å². The standard InChI is InChI=1S/C19H28N4O3/c1-14(2)21-19(26)22-16-9-7-15(8-10-16)12-20-17(24)13-23-11-5-3-4-6-18(23)25/h7-10,14H,3-6,11-13H2,1-2H3,(H,20,24)(H2,21,22,26). The minimum atomic E-state index is -0.247. The lowest BCUT2D eigenvalue weighted by atomic mass is 10.2. The summed E-state index contributed by atoms with van der Waals surface area (Å²) in [6.07, 6.45) is 3.44. The largest absolute Gasteiger partial charge is 0.350 e. The first kappa shape index (κ1) is 19.8.